The topological polar surface area (TPSA) is 59.0 Å². The molecule has 1 aromatic rings. The Balaban J connectivity index is 1.88. The zero-order valence-electron chi connectivity index (χ0n) is 12.5. The molecule has 0 amide bonds. The monoisotopic (exact) mass is 272 g/mol. The van der Waals surface area contributed by atoms with Crippen molar-refractivity contribution in [1.82, 2.24) is 0 Å². The summed E-state index contributed by atoms with van der Waals surface area (Å²) in [5, 5.41) is 8.97. The summed E-state index contributed by atoms with van der Waals surface area (Å²) < 4.78 is 5.80. The first kappa shape index (κ1) is 14.9. The van der Waals surface area contributed by atoms with Crippen LogP contribution in [0.1, 0.15) is 56.7 Å². The molecule has 1 aliphatic carbocycles. The van der Waals surface area contributed by atoms with E-state index in [-0.39, 0.29) is 11.5 Å². The van der Waals surface area contributed by atoms with Gasteiger partial charge in [-0.15, -0.1) is 0 Å². The van der Waals surface area contributed by atoms with Gasteiger partial charge in [0.25, 0.3) is 0 Å². The number of fused-ring (bicyclic) bond motifs is 1. The Labute approximate surface area is 121 Å². The average Bonchev–Trinajstić information content (AvgIpc) is 2.44. The molecule has 1 atom stereocenters. The maximum atomic E-state index is 8.97. The van der Waals surface area contributed by atoms with Gasteiger partial charge in [-0.05, 0) is 69.2 Å². The van der Waals surface area contributed by atoms with Crippen molar-refractivity contribution in [3.05, 3.63) is 29.3 Å². The zero-order chi connectivity index (χ0) is 14.6. The normalized spacial score (nSPS) is 18.2. The summed E-state index contributed by atoms with van der Waals surface area (Å²) >= 11 is 0. The summed E-state index contributed by atoms with van der Waals surface area (Å²) in [6.07, 6.45) is 5.11. The lowest BCUT2D eigenvalue weighted by Crippen LogP contribution is -2.17. The number of rotatable bonds is 5. The van der Waals surface area contributed by atoms with E-state index < -0.39 is 0 Å². The number of ether oxygens (including phenoxy) is 1. The first-order valence-corrected chi connectivity index (χ1v) is 7.44. The third-order valence-corrected chi connectivity index (χ3v) is 4.00. The van der Waals surface area contributed by atoms with Gasteiger partial charge < -0.3 is 10.5 Å². The molecule has 108 valence electrons. The first-order chi connectivity index (χ1) is 9.52. The molecule has 2 N–H and O–H groups in total. The number of nitriles is 1. The van der Waals surface area contributed by atoms with Crippen LogP contribution in [0, 0.1) is 16.7 Å². The minimum absolute atomic E-state index is 0.153. The number of nitrogens with two attached hydrogens (primary N) is 1. The number of aryl methyl sites for hydroxylation is 1. The van der Waals surface area contributed by atoms with Gasteiger partial charge in [0.1, 0.15) is 5.75 Å². The molecule has 2 rings (SSSR count). The SMILES string of the molecule is CC(C)(C#N)CCCOc1ccc2c(c1)C(N)CCC2. The molecule has 3 heteroatoms. The molecular formula is C17H24N2O. The molecule has 1 aliphatic rings. The van der Waals surface area contributed by atoms with Crippen molar-refractivity contribution >= 4 is 0 Å². The third kappa shape index (κ3) is 3.74. The highest BCUT2D eigenvalue weighted by atomic mass is 16.5. The fraction of sp³-hybridized carbons (Fsp3) is 0.588. The summed E-state index contributed by atoms with van der Waals surface area (Å²) in [5.74, 6) is 0.899. The van der Waals surface area contributed by atoms with Crippen LogP contribution in [0.25, 0.3) is 0 Å². The number of benzene rings is 1. The Morgan fingerprint density at radius 2 is 2.25 bits per heavy atom. The van der Waals surface area contributed by atoms with Gasteiger partial charge in [0.2, 0.25) is 0 Å². The highest BCUT2D eigenvalue weighted by Gasteiger charge is 2.18. The van der Waals surface area contributed by atoms with Crippen LogP contribution in [0.5, 0.6) is 5.75 Å². The zero-order valence-corrected chi connectivity index (χ0v) is 12.5. The Bertz CT molecular complexity index is 502. The maximum absolute atomic E-state index is 8.97. The van der Waals surface area contributed by atoms with E-state index in [4.69, 9.17) is 15.7 Å². The van der Waals surface area contributed by atoms with E-state index in [0.29, 0.717) is 6.61 Å². The van der Waals surface area contributed by atoms with Crippen LogP contribution >= 0.6 is 0 Å². The summed E-state index contributed by atoms with van der Waals surface area (Å²) in [4.78, 5) is 0. The highest BCUT2D eigenvalue weighted by molar-refractivity contribution is 5.39. The van der Waals surface area contributed by atoms with E-state index in [0.717, 1.165) is 31.4 Å². The predicted molar refractivity (Wildman–Crippen MR) is 80.4 cm³/mol. The fourth-order valence-electron chi connectivity index (χ4n) is 2.66. The van der Waals surface area contributed by atoms with Crippen molar-refractivity contribution in [1.29, 1.82) is 5.26 Å². The number of hydrogen-bond donors (Lipinski definition) is 1. The summed E-state index contributed by atoms with van der Waals surface area (Å²) in [5.41, 5.74) is 8.50. The molecule has 20 heavy (non-hydrogen) atoms. The van der Waals surface area contributed by atoms with Gasteiger partial charge in [0.15, 0.2) is 0 Å². The molecule has 0 aromatic heterocycles. The Morgan fingerprint density at radius 3 is 3.00 bits per heavy atom. The third-order valence-electron chi connectivity index (χ3n) is 4.00. The second-order valence-electron chi connectivity index (χ2n) is 6.31. The summed E-state index contributed by atoms with van der Waals surface area (Å²) in [6, 6.07) is 8.73. The van der Waals surface area contributed by atoms with Crippen LogP contribution < -0.4 is 10.5 Å². The quantitative estimate of drug-likeness (QED) is 0.831. The number of hydrogen-bond acceptors (Lipinski definition) is 3. The standard InChI is InChI=1S/C17H24N2O/c1-17(2,12-18)9-4-10-20-14-8-7-13-5-3-6-16(19)15(13)11-14/h7-8,11,16H,3-6,9-10,19H2,1-2H3. The van der Waals surface area contributed by atoms with Crippen LogP contribution in [0.3, 0.4) is 0 Å². The second kappa shape index (κ2) is 6.28. The van der Waals surface area contributed by atoms with Gasteiger partial charge in [0, 0.05) is 6.04 Å². The molecule has 0 aliphatic heterocycles. The van der Waals surface area contributed by atoms with E-state index in [9.17, 15) is 0 Å². The molecule has 0 saturated carbocycles. The van der Waals surface area contributed by atoms with Crippen molar-refractivity contribution in [3.8, 4) is 11.8 Å². The summed E-state index contributed by atoms with van der Waals surface area (Å²) in [7, 11) is 0. The molecule has 3 nitrogen and oxygen atoms in total. The van der Waals surface area contributed by atoms with E-state index in [1.807, 2.05) is 19.9 Å². The van der Waals surface area contributed by atoms with E-state index in [2.05, 4.69) is 18.2 Å². The number of nitrogens with zero attached hydrogens (tertiary/aromatic N) is 1. The fourth-order valence-corrected chi connectivity index (χ4v) is 2.66. The van der Waals surface area contributed by atoms with Gasteiger partial charge in [0.05, 0.1) is 18.1 Å². The molecular weight excluding hydrogens is 248 g/mol. The molecule has 0 saturated heterocycles. The Morgan fingerprint density at radius 1 is 1.45 bits per heavy atom. The van der Waals surface area contributed by atoms with Crippen LogP contribution in [0.2, 0.25) is 0 Å². The second-order valence-corrected chi connectivity index (χ2v) is 6.31. The van der Waals surface area contributed by atoms with Crippen LogP contribution in [-0.2, 0) is 6.42 Å². The van der Waals surface area contributed by atoms with Crippen LogP contribution in [-0.4, -0.2) is 6.61 Å². The highest BCUT2D eigenvalue weighted by Crippen LogP contribution is 2.31. The molecule has 1 aromatic carbocycles. The van der Waals surface area contributed by atoms with Crippen molar-refractivity contribution in [3.63, 3.8) is 0 Å². The Kier molecular flexibility index (Phi) is 4.67. The van der Waals surface area contributed by atoms with E-state index >= 15 is 0 Å². The largest absolute Gasteiger partial charge is 0.494 e. The van der Waals surface area contributed by atoms with Gasteiger partial charge in [-0.25, -0.2) is 0 Å². The van der Waals surface area contributed by atoms with Crippen LogP contribution in [0.4, 0.5) is 0 Å². The lowest BCUT2D eigenvalue weighted by molar-refractivity contribution is 0.283. The van der Waals surface area contributed by atoms with E-state index in [1.165, 1.54) is 17.5 Å². The average molecular weight is 272 g/mol. The molecule has 0 spiro atoms. The first-order valence-electron chi connectivity index (χ1n) is 7.44. The van der Waals surface area contributed by atoms with Gasteiger partial charge in [-0.2, -0.15) is 5.26 Å². The van der Waals surface area contributed by atoms with Crippen molar-refractivity contribution in [2.75, 3.05) is 6.61 Å². The minimum Gasteiger partial charge on any atom is -0.494 e. The van der Waals surface area contributed by atoms with Gasteiger partial charge in [-0.3, -0.25) is 0 Å². The van der Waals surface area contributed by atoms with Crippen molar-refractivity contribution in [2.24, 2.45) is 11.1 Å². The molecule has 0 fully saturated rings. The van der Waals surface area contributed by atoms with E-state index in [1.54, 1.807) is 0 Å². The molecule has 0 heterocycles. The predicted octanol–water partition coefficient (Wildman–Crippen LogP) is 3.73. The smallest absolute Gasteiger partial charge is 0.119 e. The lowest BCUT2D eigenvalue weighted by Gasteiger charge is -2.23. The molecule has 1 unspecified atom stereocenters. The minimum atomic E-state index is -0.262. The maximum Gasteiger partial charge on any atom is 0.119 e. The Hall–Kier alpha value is -1.53. The summed E-state index contributed by atoms with van der Waals surface area (Å²) in [6.45, 7) is 4.58. The van der Waals surface area contributed by atoms with Crippen molar-refractivity contribution in [2.45, 2.75) is 52.0 Å². The van der Waals surface area contributed by atoms with Gasteiger partial charge in [-0.1, -0.05) is 6.07 Å². The van der Waals surface area contributed by atoms with Crippen LogP contribution in [0.15, 0.2) is 18.2 Å². The lowest BCUT2D eigenvalue weighted by atomic mass is 9.88. The van der Waals surface area contributed by atoms with Gasteiger partial charge >= 0.3 is 0 Å². The molecule has 0 bridgehead atoms. The van der Waals surface area contributed by atoms with Crippen molar-refractivity contribution < 1.29 is 4.74 Å². The molecule has 0 radical (unpaired) electrons.